The van der Waals surface area contributed by atoms with E-state index >= 15 is 0 Å². The Bertz CT molecular complexity index is 945. The molecule has 6 heteroatoms. The van der Waals surface area contributed by atoms with Gasteiger partial charge in [-0.3, -0.25) is 4.79 Å². The molecule has 0 radical (unpaired) electrons. The molecule has 0 aliphatic carbocycles. The molecule has 132 valence electrons. The smallest absolute Gasteiger partial charge is 0.232 e. The number of hydrogen-bond donors (Lipinski definition) is 0. The maximum absolute atomic E-state index is 13.1. The van der Waals surface area contributed by atoms with E-state index in [9.17, 15) is 9.18 Å². The van der Waals surface area contributed by atoms with Crippen molar-refractivity contribution < 1.29 is 13.7 Å². The lowest BCUT2D eigenvalue weighted by Crippen LogP contribution is -2.26. The molecule has 5 nitrogen and oxygen atoms in total. The van der Waals surface area contributed by atoms with Gasteiger partial charge in [0.2, 0.25) is 17.6 Å². The second-order valence-electron chi connectivity index (χ2n) is 6.61. The summed E-state index contributed by atoms with van der Waals surface area (Å²) in [5.74, 6) is 0.421. The lowest BCUT2D eigenvalue weighted by atomic mass is 10.1. The van der Waals surface area contributed by atoms with Crippen molar-refractivity contribution in [3.8, 4) is 11.4 Å². The van der Waals surface area contributed by atoms with E-state index in [0.717, 1.165) is 16.8 Å². The Balaban J connectivity index is 1.59. The van der Waals surface area contributed by atoms with Crippen molar-refractivity contribution in [2.75, 3.05) is 11.4 Å². The van der Waals surface area contributed by atoms with Gasteiger partial charge in [0.15, 0.2) is 0 Å². The summed E-state index contributed by atoms with van der Waals surface area (Å²) >= 11 is 0. The first-order valence-corrected chi connectivity index (χ1v) is 8.49. The van der Waals surface area contributed by atoms with Gasteiger partial charge in [0.1, 0.15) is 5.82 Å². The molecule has 1 amide bonds. The van der Waals surface area contributed by atoms with Crippen LogP contribution in [-0.4, -0.2) is 22.6 Å². The van der Waals surface area contributed by atoms with Gasteiger partial charge in [0, 0.05) is 24.2 Å². The SMILES string of the molecule is Cc1cccc(C)c1N1CC(c2nc(-c3ccc(F)cc3)no2)CC1=O. The van der Waals surface area contributed by atoms with Crippen LogP contribution in [-0.2, 0) is 4.79 Å². The molecular weight excluding hydrogens is 333 g/mol. The zero-order chi connectivity index (χ0) is 18.3. The summed E-state index contributed by atoms with van der Waals surface area (Å²) in [7, 11) is 0. The topological polar surface area (TPSA) is 59.2 Å². The van der Waals surface area contributed by atoms with Crippen LogP contribution >= 0.6 is 0 Å². The average molecular weight is 351 g/mol. The van der Waals surface area contributed by atoms with Crippen LogP contribution in [0.25, 0.3) is 11.4 Å². The Kier molecular flexibility index (Phi) is 4.03. The Morgan fingerprint density at radius 3 is 2.50 bits per heavy atom. The number of anilines is 1. The largest absolute Gasteiger partial charge is 0.339 e. The molecular formula is C20H18FN3O2. The van der Waals surface area contributed by atoms with E-state index in [2.05, 4.69) is 10.1 Å². The number of halogens is 1. The second kappa shape index (κ2) is 6.37. The summed E-state index contributed by atoms with van der Waals surface area (Å²) in [6.45, 7) is 4.51. The zero-order valence-electron chi connectivity index (χ0n) is 14.6. The summed E-state index contributed by atoms with van der Waals surface area (Å²) in [5, 5.41) is 3.98. The summed E-state index contributed by atoms with van der Waals surface area (Å²) in [4.78, 5) is 18.8. The van der Waals surface area contributed by atoms with Crippen LogP contribution in [0.2, 0.25) is 0 Å². The number of carbonyl (C=O) groups excluding carboxylic acids is 1. The molecule has 0 saturated carbocycles. The Labute approximate surface area is 150 Å². The van der Waals surface area contributed by atoms with Gasteiger partial charge in [-0.1, -0.05) is 23.4 Å². The lowest BCUT2D eigenvalue weighted by molar-refractivity contribution is -0.117. The molecule has 1 saturated heterocycles. The molecule has 4 rings (SSSR count). The Hall–Kier alpha value is -3.02. The summed E-state index contributed by atoms with van der Waals surface area (Å²) in [5.41, 5.74) is 3.77. The fourth-order valence-corrected chi connectivity index (χ4v) is 3.44. The Morgan fingerprint density at radius 1 is 1.12 bits per heavy atom. The molecule has 1 aliphatic heterocycles. The molecule has 2 aromatic carbocycles. The number of para-hydroxylation sites is 1. The molecule has 2 heterocycles. The molecule has 0 spiro atoms. The van der Waals surface area contributed by atoms with Gasteiger partial charge in [0.05, 0.1) is 5.92 Å². The van der Waals surface area contributed by atoms with Crippen LogP contribution in [0.4, 0.5) is 10.1 Å². The van der Waals surface area contributed by atoms with Crippen molar-refractivity contribution in [3.63, 3.8) is 0 Å². The maximum Gasteiger partial charge on any atom is 0.232 e. The number of carbonyl (C=O) groups is 1. The zero-order valence-corrected chi connectivity index (χ0v) is 14.6. The van der Waals surface area contributed by atoms with Gasteiger partial charge in [-0.2, -0.15) is 4.98 Å². The van der Waals surface area contributed by atoms with Crippen LogP contribution in [0.15, 0.2) is 47.0 Å². The second-order valence-corrected chi connectivity index (χ2v) is 6.61. The summed E-state index contributed by atoms with van der Waals surface area (Å²) in [6, 6.07) is 11.9. The third-order valence-corrected chi connectivity index (χ3v) is 4.73. The predicted molar refractivity (Wildman–Crippen MR) is 95.3 cm³/mol. The number of aromatic nitrogens is 2. The van der Waals surface area contributed by atoms with Crippen LogP contribution in [0.5, 0.6) is 0 Å². The van der Waals surface area contributed by atoms with Crippen molar-refractivity contribution >= 4 is 11.6 Å². The molecule has 1 aromatic heterocycles. The third kappa shape index (κ3) is 2.87. The number of amides is 1. The highest BCUT2D eigenvalue weighted by atomic mass is 19.1. The van der Waals surface area contributed by atoms with Gasteiger partial charge in [0.25, 0.3) is 0 Å². The number of aryl methyl sites for hydroxylation is 2. The monoisotopic (exact) mass is 351 g/mol. The van der Waals surface area contributed by atoms with Crippen molar-refractivity contribution in [1.82, 2.24) is 10.1 Å². The minimum Gasteiger partial charge on any atom is -0.339 e. The molecule has 0 N–H and O–H groups in total. The van der Waals surface area contributed by atoms with Crippen LogP contribution in [0.1, 0.15) is 29.4 Å². The fraction of sp³-hybridized carbons (Fsp3) is 0.250. The molecule has 1 atom stereocenters. The Morgan fingerprint density at radius 2 is 1.81 bits per heavy atom. The average Bonchev–Trinajstić information content (AvgIpc) is 3.23. The van der Waals surface area contributed by atoms with E-state index in [4.69, 9.17) is 4.52 Å². The molecule has 1 fully saturated rings. The number of nitrogens with zero attached hydrogens (tertiary/aromatic N) is 3. The van der Waals surface area contributed by atoms with Gasteiger partial charge in [-0.25, -0.2) is 4.39 Å². The number of hydrogen-bond acceptors (Lipinski definition) is 4. The highest BCUT2D eigenvalue weighted by Gasteiger charge is 2.36. The molecule has 0 bridgehead atoms. The van der Waals surface area contributed by atoms with Gasteiger partial charge >= 0.3 is 0 Å². The van der Waals surface area contributed by atoms with Crippen LogP contribution < -0.4 is 4.90 Å². The minimum atomic E-state index is -0.317. The lowest BCUT2D eigenvalue weighted by Gasteiger charge is -2.21. The highest BCUT2D eigenvalue weighted by Crippen LogP contribution is 2.35. The van der Waals surface area contributed by atoms with Gasteiger partial charge < -0.3 is 9.42 Å². The molecule has 1 unspecified atom stereocenters. The van der Waals surface area contributed by atoms with Crippen molar-refractivity contribution in [2.45, 2.75) is 26.2 Å². The third-order valence-electron chi connectivity index (χ3n) is 4.73. The number of benzene rings is 2. The quantitative estimate of drug-likeness (QED) is 0.715. The molecule has 26 heavy (non-hydrogen) atoms. The first-order chi connectivity index (χ1) is 12.5. The van der Waals surface area contributed by atoms with Crippen LogP contribution in [0.3, 0.4) is 0 Å². The minimum absolute atomic E-state index is 0.0499. The number of rotatable bonds is 3. The predicted octanol–water partition coefficient (Wildman–Crippen LogP) is 4.01. The van der Waals surface area contributed by atoms with E-state index in [1.165, 1.54) is 12.1 Å². The normalized spacial score (nSPS) is 17.1. The summed E-state index contributed by atoms with van der Waals surface area (Å²) < 4.78 is 18.5. The van der Waals surface area contributed by atoms with Gasteiger partial charge in [-0.05, 0) is 49.2 Å². The van der Waals surface area contributed by atoms with Gasteiger partial charge in [-0.15, -0.1) is 0 Å². The van der Waals surface area contributed by atoms with E-state index in [-0.39, 0.29) is 17.6 Å². The molecule has 3 aromatic rings. The first kappa shape index (κ1) is 16.4. The van der Waals surface area contributed by atoms with E-state index in [0.29, 0.717) is 30.2 Å². The first-order valence-electron chi connectivity index (χ1n) is 8.49. The standard InChI is InChI=1S/C20H18FN3O2/c1-12-4-3-5-13(2)18(12)24-11-15(10-17(24)25)20-22-19(23-26-20)14-6-8-16(21)9-7-14/h3-9,15H,10-11H2,1-2H3. The van der Waals surface area contributed by atoms with Crippen molar-refractivity contribution in [3.05, 3.63) is 65.3 Å². The van der Waals surface area contributed by atoms with Crippen LogP contribution in [0, 0.1) is 19.7 Å². The van der Waals surface area contributed by atoms with Crippen molar-refractivity contribution in [2.24, 2.45) is 0 Å². The summed E-state index contributed by atoms with van der Waals surface area (Å²) in [6.07, 6.45) is 0.332. The maximum atomic E-state index is 13.1. The fourth-order valence-electron chi connectivity index (χ4n) is 3.44. The molecule has 1 aliphatic rings. The van der Waals surface area contributed by atoms with Crippen molar-refractivity contribution in [1.29, 1.82) is 0 Å². The van der Waals surface area contributed by atoms with E-state index in [1.54, 1.807) is 17.0 Å². The highest BCUT2D eigenvalue weighted by molar-refractivity contribution is 5.97. The van der Waals surface area contributed by atoms with E-state index in [1.807, 2.05) is 32.0 Å². The van der Waals surface area contributed by atoms with E-state index < -0.39 is 0 Å².